The summed E-state index contributed by atoms with van der Waals surface area (Å²) in [6.07, 6.45) is 1.55. The van der Waals surface area contributed by atoms with Gasteiger partial charge in [0.2, 0.25) is 0 Å². The second kappa shape index (κ2) is 5.67. The molecule has 3 aromatic rings. The summed E-state index contributed by atoms with van der Waals surface area (Å²) < 4.78 is 41.1. The fraction of sp³-hybridized carbons (Fsp3) is 0.263. The van der Waals surface area contributed by atoms with Crippen molar-refractivity contribution in [3.63, 3.8) is 0 Å². The van der Waals surface area contributed by atoms with Crippen LogP contribution < -0.4 is 0 Å². The second-order valence-electron chi connectivity index (χ2n) is 6.45. The molecule has 0 spiro atoms. The zero-order valence-electron chi connectivity index (χ0n) is 12.8. The molecule has 0 radical (unpaired) electrons. The molecular formula is C19H16F3NO. The van der Waals surface area contributed by atoms with Crippen LogP contribution in [0, 0.1) is 23.4 Å². The summed E-state index contributed by atoms with van der Waals surface area (Å²) in [5.41, 5.74) is 2.53. The van der Waals surface area contributed by atoms with Gasteiger partial charge in [0.05, 0.1) is 11.2 Å². The molecule has 4 rings (SSSR count). The van der Waals surface area contributed by atoms with E-state index in [2.05, 4.69) is 4.98 Å². The van der Waals surface area contributed by atoms with E-state index in [9.17, 15) is 18.3 Å². The largest absolute Gasteiger partial charge is 0.396 e. The van der Waals surface area contributed by atoms with E-state index in [1.165, 1.54) is 18.2 Å². The topological polar surface area (TPSA) is 36.0 Å². The van der Waals surface area contributed by atoms with Gasteiger partial charge in [0.15, 0.2) is 0 Å². The third kappa shape index (κ3) is 2.40. The van der Waals surface area contributed by atoms with Crippen LogP contribution in [0.4, 0.5) is 13.2 Å². The molecule has 1 saturated carbocycles. The van der Waals surface area contributed by atoms with Crippen LogP contribution in [0.1, 0.15) is 24.3 Å². The molecule has 124 valence electrons. The Kier molecular flexibility index (Phi) is 3.61. The average molecular weight is 331 g/mol. The first-order valence-electron chi connectivity index (χ1n) is 7.94. The summed E-state index contributed by atoms with van der Waals surface area (Å²) in [4.78, 5) is 3.05. The van der Waals surface area contributed by atoms with Gasteiger partial charge in [0.1, 0.15) is 17.5 Å². The summed E-state index contributed by atoms with van der Waals surface area (Å²) in [7, 11) is 0. The Morgan fingerprint density at radius 1 is 1.00 bits per heavy atom. The number of nitrogens with one attached hydrogen (secondary N) is 1. The van der Waals surface area contributed by atoms with Crippen LogP contribution in [0.3, 0.4) is 0 Å². The first-order valence-corrected chi connectivity index (χ1v) is 7.94. The number of aromatic amines is 1. The average Bonchev–Trinajstić information content (AvgIpc) is 2.87. The monoisotopic (exact) mass is 331 g/mol. The zero-order chi connectivity index (χ0) is 16.8. The molecule has 2 aromatic carbocycles. The first kappa shape index (κ1) is 15.3. The number of aromatic nitrogens is 1. The van der Waals surface area contributed by atoms with Crippen molar-refractivity contribution in [2.24, 2.45) is 5.92 Å². The molecule has 1 aliphatic carbocycles. The molecule has 0 bridgehead atoms. The number of fused-ring (bicyclic) bond motifs is 1. The fourth-order valence-electron chi connectivity index (χ4n) is 3.63. The van der Waals surface area contributed by atoms with Gasteiger partial charge in [-0.3, -0.25) is 0 Å². The van der Waals surface area contributed by atoms with E-state index in [1.807, 2.05) is 0 Å². The predicted octanol–water partition coefficient (Wildman–Crippen LogP) is 4.74. The SMILES string of the molecule is OCC1CC(c2c(-c3ccc(F)cc3)[nH]c3c(F)cc(F)cc23)C1. The van der Waals surface area contributed by atoms with E-state index in [-0.39, 0.29) is 29.8 Å². The standard InChI is InChI=1S/C19H16F3NO/c20-13-3-1-11(2-4-13)18-17(12-5-10(6-12)9-24)15-7-14(21)8-16(22)19(15)23-18/h1-4,7-8,10,12,23-24H,5-6,9H2. The number of aliphatic hydroxyl groups excluding tert-OH is 1. The fourth-order valence-corrected chi connectivity index (χ4v) is 3.63. The van der Waals surface area contributed by atoms with Crippen molar-refractivity contribution >= 4 is 10.9 Å². The number of aliphatic hydroxyl groups is 1. The number of benzene rings is 2. The number of hydrogen-bond donors (Lipinski definition) is 2. The van der Waals surface area contributed by atoms with Crippen LogP contribution in [0.15, 0.2) is 36.4 Å². The minimum Gasteiger partial charge on any atom is -0.396 e. The molecule has 1 heterocycles. The quantitative estimate of drug-likeness (QED) is 0.714. The number of H-pyrrole nitrogens is 1. The van der Waals surface area contributed by atoms with Crippen molar-refractivity contribution in [1.29, 1.82) is 0 Å². The molecule has 2 nitrogen and oxygen atoms in total. The van der Waals surface area contributed by atoms with E-state index in [0.29, 0.717) is 11.1 Å². The van der Waals surface area contributed by atoms with Gasteiger partial charge in [0, 0.05) is 18.1 Å². The Labute approximate surface area is 136 Å². The Hall–Kier alpha value is -2.27. The third-order valence-corrected chi connectivity index (χ3v) is 4.90. The van der Waals surface area contributed by atoms with Crippen molar-refractivity contribution < 1.29 is 18.3 Å². The molecule has 0 unspecified atom stereocenters. The van der Waals surface area contributed by atoms with Gasteiger partial charge >= 0.3 is 0 Å². The van der Waals surface area contributed by atoms with E-state index >= 15 is 0 Å². The number of halogens is 3. The number of rotatable bonds is 3. The Balaban J connectivity index is 1.91. The lowest BCUT2D eigenvalue weighted by Crippen LogP contribution is -2.24. The van der Waals surface area contributed by atoms with Crippen LogP contribution >= 0.6 is 0 Å². The number of hydrogen-bond acceptors (Lipinski definition) is 1. The summed E-state index contributed by atoms with van der Waals surface area (Å²) in [5.74, 6) is -1.27. The van der Waals surface area contributed by atoms with Crippen LogP contribution in [0.5, 0.6) is 0 Å². The lowest BCUT2D eigenvalue weighted by Gasteiger charge is -2.34. The van der Waals surface area contributed by atoms with Crippen molar-refractivity contribution in [2.45, 2.75) is 18.8 Å². The molecule has 0 amide bonds. The minimum absolute atomic E-state index is 0.119. The van der Waals surface area contributed by atoms with Gasteiger partial charge in [-0.05, 0) is 66.1 Å². The molecule has 1 aromatic heterocycles. The molecule has 1 fully saturated rings. The maximum atomic E-state index is 14.2. The van der Waals surface area contributed by atoms with Crippen molar-refractivity contribution in [3.8, 4) is 11.3 Å². The Morgan fingerprint density at radius 2 is 1.71 bits per heavy atom. The van der Waals surface area contributed by atoms with Crippen LogP contribution in [0.25, 0.3) is 22.2 Å². The lowest BCUT2D eigenvalue weighted by atomic mass is 9.70. The summed E-state index contributed by atoms with van der Waals surface area (Å²) in [6.45, 7) is 0.119. The summed E-state index contributed by atoms with van der Waals surface area (Å²) in [6, 6.07) is 8.13. The maximum absolute atomic E-state index is 14.2. The van der Waals surface area contributed by atoms with Crippen LogP contribution in [-0.4, -0.2) is 16.7 Å². The molecule has 5 heteroatoms. The zero-order valence-corrected chi connectivity index (χ0v) is 12.8. The summed E-state index contributed by atoms with van der Waals surface area (Å²) >= 11 is 0. The second-order valence-corrected chi connectivity index (χ2v) is 6.45. The molecule has 0 saturated heterocycles. The van der Waals surface area contributed by atoms with Crippen LogP contribution in [-0.2, 0) is 0 Å². The molecule has 1 aliphatic rings. The molecule has 0 aliphatic heterocycles. The van der Waals surface area contributed by atoms with Gasteiger partial charge in [-0.25, -0.2) is 13.2 Å². The Morgan fingerprint density at radius 3 is 2.38 bits per heavy atom. The molecule has 0 atom stereocenters. The van der Waals surface area contributed by atoms with Gasteiger partial charge in [-0.1, -0.05) is 0 Å². The highest BCUT2D eigenvalue weighted by Gasteiger charge is 2.34. The van der Waals surface area contributed by atoms with Crippen molar-refractivity contribution in [3.05, 3.63) is 59.4 Å². The van der Waals surface area contributed by atoms with Gasteiger partial charge in [-0.2, -0.15) is 0 Å². The molecular weight excluding hydrogens is 315 g/mol. The van der Waals surface area contributed by atoms with Crippen molar-refractivity contribution in [2.75, 3.05) is 6.61 Å². The van der Waals surface area contributed by atoms with E-state index < -0.39 is 11.6 Å². The van der Waals surface area contributed by atoms with E-state index in [0.717, 1.165) is 30.0 Å². The highest BCUT2D eigenvalue weighted by Crippen LogP contribution is 2.48. The minimum atomic E-state index is -0.641. The lowest BCUT2D eigenvalue weighted by molar-refractivity contribution is 0.143. The molecule has 2 N–H and O–H groups in total. The van der Waals surface area contributed by atoms with Gasteiger partial charge in [0.25, 0.3) is 0 Å². The van der Waals surface area contributed by atoms with E-state index in [1.54, 1.807) is 12.1 Å². The predicted molar refractivity (Wildman–Crippen MR) is 86.2 cm³/mol. The van der Waals surface area contributed by atoms with Crippen LogP contribution in [0.2, 0.25) is 0 Å². The highest BCUT2D eigenvalue weighted by atomic mass is 19.1. The smallest absolute Gasteiger partial charge is 0.150 e. The maximum Gasteiger partial charge on any atom is 0.150 e. The van der Waals surface area contributed by atoms with Gasteiger partial charge in [-0.15, -0.1) is 0 Å². The summed E-state index contributed by atoms with van der Waals surface area (Å²) in [5, 5.41) is 9.77. The normalized spacial score (nSPS) is 20.3. The first-order chi connectivity index (χ1) is 11.6. The molecule has 24 heavy (non-hydrogen) atoms. The Bertz CT molecular complexity index is 895. The van der Waals surface area contributed by atoms with E-state index in [4.69, 9.17) is 0 Å². The van der Waals surface area contributed by atoms with Gasteiger partial charge < -0.3 is 10.1 Å². The highest BCUT2D eigenvalue weighted by molar-refractivity contribution is 5.92. The van der Waals surface area contributed by atoms with Crippen molar-refractivity contribution in [1.82, 2.24) is 4.98 Å². The third-order valence-electron chi connectivity index (χ3n) is 4.90.